The van der Waals surface area contributed by atoms with Crippen molar-refractivity contribution in [1.82, 2.24) is 14.8 Å². The van der Waals surface area contributed by atoms with Gasteiger partial charge in [0.2, 0.25) is 5.91 Å². The molecular formula is C26H26FN5O2. The lowest BCUT2D eigenvalue weighted by atomic mass is 10.1. The minimum Gasteiger partial charge on any atom is -0.396 e. The van der Waals surface area contributed by atoms with E-state index in [4.69, 9.17) is 5.73 Å². The molecule has 1 aliphatic carbocycles. The van der Waals surface area contributed by atoms with Crippen LogP contribution in [-0.4, -0.2) is 52.9 Å². The molecular weight excluding hydrogens is 433 g/mol. The number of benzene rings is 2. The first kappa shape index (κ1) is 21.9. The Balaban J connectivity index is 1.17. The van der Waals surface area contributed by atoms with Crippen LogP contribution in [0, 0.1) is 11.7 Å². The maximum atomic E-state index is 13.2. The van der Waals surface area contributed by atoms with E-state index < -0.39 is 0 Å². The van der Waals surface area contributed by atoms with Crippen molar-refractivity contribution in [2.45, 2.75) is 12.3 Å². The van der Waals surface area contributed by atoms with Crippen molar-refractivity contribution in [2.24, 2.45) is 5.92 Å². The van der Waals surface area contributed by atoms with Crippen LogP contribution in [0.1, 0.15) is 17.9 Å². The number of pyridine rings is 1. The molecule has 1 saturated carbocycles. The normalized spacial score (nSPS) is 19.6. The fourth-order valence-electron chi connectivity index (χ4n) is 4.43. The molecule has 2 fully saturated rings. The van der Waals surface area contributed by atoms with Crippen LogP contribution in [0.5, 0.6) is 0 Å². The van der Waals surface area contributed by atoms with Gasteiger partial charge in [0.25, 0.3) is 0 Å². The Morgan fingerprint density at radius 2 is 1.59 bits per heavy atom. The third kappa shape index (κ3) is 4.57. The number of piperazine rings is 1. The van der Waals surface area contributed by atoms with Gasteiger partial charge in [0, 0.05) is 37.7 Å². The van der Waals surface area contributed by atoms with Gasteiger partial charge in [-0.2, -0.15) is 0 Å². The summed E-state index contributed by atoms with van der Waals surface area (Å²) in [5.41, 5.74) is 8.88. The van der Waals surface area contributed by atoms with E-state index in [1.54, 1.807) is 29.2 Å². The second-order valence-corrected chi connectivity index (χ2v) is 8.74. The quantitative estimate of drug-likeness (QED) is 0.618. The summed E-state index contributed by atoms with van der Waals surface area (Å²) < 4.78 is 13.2. The third-order valence-electron chi connectivity index (χ3n) is 6.51. The molecule has 2 atom stereocenters. The Morgan fingerprint density at radius 1 is 0.912 bits per heavy atom. The fraction of sp³-hybridized carbons (Fsp3) is 0.269. The number of halogens is 1. The number of carbonyl (C=O) groups excluding carboxylic acids is 2. The van der Waals surface area contributed by atoms with Crippen LogP contribution in [0.25, 0.3) is 11.3 Å². The molecule has 0 bridgehead atoms. The zero-order valence-electron chi connectivity index (χ0n) is 18.7. The molecule has 3 N–H and O–H groups in total. The van der Waals surface area contributed by atoms with Gasteiger partial charge in [-0.1, -0.05) is 30.3 Å². The van der Waals surface area contributed by atoms with Gasteiger partial charge < -0.3 is 15.5 Å². The summed E-state index contributed by atoms with van der Waals surface area (Å²) in [5, 5.41) is 2.78. The zero-order valence-corrected chi connectivity index (χ0v) is 18.7. The molecule has 0 spiro atoms. The number of rotatable bonds is 4. The SMILES string of the molecule is Nc1ccc(-c2ccc(F)cc2)nc1NC(=O)N1CCN(C(=O)[C@@H]2C[C@H]2c2ccccc2)CC1. The zero-order chi connectivity index (χ0) is 23.7. The molecule has 2 heterocycles. The lowest BCUT2D eigenvalue weighted by Crippen LogP contribution is -2.52. The standard InChI is InChI=1S/C26H26FN5O2/c27-19-8-6-18(7-9-19)23-11-10-22(28)24(29-23)30-26(34)32-14-12-31(13-15-32)25(33)21-16-20(21)17-4-2-1-3-5-17/h1-11,20-21H,12-16,28H2,(H,29,30,34)/t20-,21+/m0/s1. The van der Waals surface area contributed by atoms with E-state index in [-0.39, 0.29) is 29.5 Å². The van der Waals surface area contributed by atoms with E-state index in [0.29, 0.717) is 43.5 Å². The van der Waals surface area contributed by atoms with Crippen molar-refractivity contribution in [2.75, 3.05) is 37.2 Å². The number of hydrogen-bond donors (Lipinski definition) is 2. The molecule has 0 radical (unpaired) electrons. The summed E-state index contributed by atoms with van der Waals surface area (Å²) in [6.07, 6.45) is 0.888. The van der Waals surface area contributed by atoms with Gasteiger partial charge in [0.15, 0.2) is 5.82 Å². The van der Waals surface area contributed by atoms with Gasteiger partial charge in [-0.15, -0.1) is 0 Å². The van der Waals surface area contributed by atoms with Crippen molar-refractivity contribution < 1.29 is 14.0 Å². The minimum atomic E-state index is -0.331. The van der Waals surface area contributed by atoms with Gasteiger partial charge in [0.05, 0.1) is 11.4 Å². The Morgan fingerprint density at radius 3 is 2.29 bits per heavy atom. The van der Waals surface area contributed by atoms with Gasteiger partial charge in [0.1, 0.15) is 5.82 Å². The first-order chi connectivity index (χ1) is 16.5. The van der Waals surface area contributed by atoms with Crippen LogP contribution in [0.3, 0.4) is 0 Å². The van der Waals surface area contributed by atoms with Crippen LogP contribution in [0.2, 0.25) is 0 Å². The number of nitrogens with zero attached hydrogens (tertiary/aromatic N) is 3. The van der Waals surface area contributed by atoms with Crippen molar-refractivity contribution in [1.29, 1.82) is 0 Å². The van der Waals surface area contributed by atoms with Crippen LogP contribution in [-0.2, 0) is 4.79 Å². The minimum absolute atomic E-state index is 0.0426. The highest BCUT2D eigenvalue weighted by Gasteiger charge is 2.46. The van der Waals surface area contributed by atoms with Crippen LogP contribution in [0.15, 0.2) is 66.7 Å². The molecule has 3 aromatic rings. The number of nitrogens with two attached hydrogens (primary N) is 1. The third-order valence-corrected chi connectivity index (χ3v) is 6.51. The highest BCUT2D eigenvalue weighted by molar-refractivity contribution is 5.92. The highest BCUT2D eigenvalue weighted by atomic mass is 19.1. The van der Waals surface area contributed by atoms with Gasteiger partial charge in [-0.25, -0.2) is 14.2 Å². The maximum absolute atomic E-state index is 13.2. The molecule has 7 nitrogen and oxygen atoms in total. The number of nitrogen functional groups attached to an aromatic ring is 1. The number of amides is 3. The molecule has 2 aromatic carbocycles. The van der Waals surface area contributed by atoms with E-state index in [0.717, 1.165) is 12.0 Å². The van der Waals surface area contributed by atoms with E-state index in [1.165, 1.54) is 17.7 Å². The molecule has 34 heavy (non-hydrogen) atoms. The predicted octanol–water partition coefficient (Wildman–Crippen LogP) is 3.95. The van der Waals surface area contributed by atoms with E-state index in [2.05, 4.69) is 22.4 Å². The number of urea groups is 1. The number of carbonyl (C=O) groups is 2. The molecule has 174 valence electrons. The van der Waals surface area contributed by atoms with Crippen molar-refractivity contribution in [3.8, 4) is 11.3 Å². The average molecular weight is 460 g/mol. The van der Waals surface area contributed by atoms with Gasteiger partial charge >= 0.3 is 6.03 Å². The molecule has 1 saturated heterocycles. The molecule has 0 unspecified atom stereocenters. The van der Waals surface area contributed by atoms with E-state index in [9.17, 15) is 14.0 Å². The van der Waals surface area contributed by atoms with E-state index in [1.807, 2.05) is 23.1 Å². The second-order valence-electron chi connectivity index (χ2n) is 8.74. The maximum Gasteiger partial charge on any atom is 0.323 e. The molecule has 5 rings (SSSR count). The van der Waals surface area contributed by atoms with Gasteiger partial charge in [-0.05, 0) is 54.3 Å². The fourth-order valence-corrected chi connectivity index (χ4v) is 4.43. The summed E-state index contributed by atoms with van der Waals surface area (Å²) in [6, 6.07) is 19.2. The molecule has 8 heteroatoms. The number of anilines is 2. The second kappa shape index (κ2) is 9.13. The molecule has 1 aliphatic heterocycles. The Labute approximate surface area is 197 Å². The van der Waals surface area contributed by atoms with Crippen molar-refractivity contribution in [3.63, 3.8) is 0 Å². The smallest absolute Gasteiger partial charge is 0.323 e. The highest BCUT2D eigenvalue weighted by Crippen LogP contribution is 2.48. The van der Waals surface area contributed by atoms with Crippen LogP contribution in [0.4, 0.5) is 20.7 Å². The van der Waals surface area contributed by atoms with Crippen LogP contribution >= 0.6 is 0 Å². The first-order valence-electron chi connectivity index (χ1n) is 11.4. The van der Waals surface area contributed by atoms with Crippen molar-refractivity contribution >= 4 is 23.4 Å². The average Bonchev–Trinajstić information content (AvgIpc) is 3.67. The summed E-state index contributed by atoms with van der Waals surface area (Å²) >= 11 is 0. The first-order valence-corrected chi connectivity index (χ1v) is 11.4. The molecule has 2 aliphatic rings. The lowest BCUT2D eigenvalue weighted by molar-refractivity contribution is -0.134. The summed E-state index contributed by atoms with van der Waals surface area (Å²) in [5.74, 6) is 0.446. The largest absolute Gasteiger partial charge is 0.396 e. The number of aromatic nitrogens is 1. The summed E-state index contributed by atoms with van der Waals surface area (Å²) in [4.78, 5) is 33.7. The predicted molar refractivity (Wildman–Crippen MR) is 129 cm³/mol. The topological polar surface area (TPSA) is 91.6 Å². The Bertz CT molecular complexity index is 1190. The summed E-state index contributed by atoms with van der Waals surface area (Å²) in [6.45, 7) is 1.89. The number of hydrogen-bond acceptors (Lipinski definition) is 4. The number of nitrogens with one attached hydrogen (secondary N) is 1. The lowest BCUT2D eigenvalue weighted by Gasteiger charge is -2.35. The van der Waals surface area contributed by atoms with E-state index >= 15 is 0 Å². The van der Waals surface area contributed by atoms with Gasteiger partial charge in [-0.3, -0.25) is 10.1 Å². The summed E-state index contributed by atoms with van der Waals surface area (Å²) in [7, 11) is 0. The molecule has 3 amide bonds. The Hall–Kier alpha value is -3.94. The van der Waals surface area contributed by atoms with Crippen molar-refractivity contribution in [3.05, 3.63) is 78.1 Å². The molecule has 1 aromatic heterocycles. The Kier molecular flexibility index (Phi) is 5.88. The monoisotopic (exact) mass is 459 g/mol. The van der Waals surface area contributed by atoms with Crippen LogP contribution < -0.4 is 11.1 Å².